The molecule has 108 valence electrons. The largest absolute Gasteiger partial charge is 0.495 e. The van der Waals surface area contributed by atoms with Crippen molar-refractivity contribution in [2.75, 3.05) is 13.7 Å². The van der Waals surface area contributed by atoms with Gasteiger partial charge >= 0.3 is 0 Å². The van der Waals surface area contributed by atoms with Gasteiger partial charge in [-0.25, -0.2) is 0 Å². The average Bonchev–Trinajstić information content (AvgIpc) is 2.89. The third-order valence-electron chi connectivity index (χ3n) is 4.24. The summed E-state index contributed by atoms with van der Waals surface area (Å²) in [4.78, 5) is 0. The van der Waals surface area contributed by atoms with Crippen LogP contribution in [0.5, 0.6) is 5.75 Å². The maximum atomic E-state index is 9.21. The van der Waals surface area contributed by atoms with Crippen LogP contribution in [0.2, 0.25) is 0 Å². The van der Waals surface area contributed by atoms with Gasteiger partial charge in [0.2, 0.25) is 0 Å². The van der Waals surface area contributed by atoms with Crippen LogP contribution in [0, 0.1) is 5.92 Å². The third kappa shape index (κ3) is 2.56. The number of aliphatic hydroxyl groups is 1. The molecule has 1 N–H and O–H groups in total. The first-order valence-electron chi connectivity index (χ1n) is 7.04. The van der Waals surface area contributed by atoms with Gasteiger partial charge in [0.15, 0.2) is 0 Å². The Kier molecular flexibility index (Phi) is 3.98. The van der Waals surface area contributed by atoms with Crippen molar-refractivity contribution in [1.82, 2.24) is 9.78 Å². The minimum atomic E-state index is 0.317. The Bertz CT molecular complexity index is 603. The van der Waals surface area contributed by atoms with Crippen molar-refractivity contribution >= 4 is 26.8 Å². The van der Waals surface area contributed by atoms with Gasteiger partial charge in [-0.05, 0) is 53.6 Å². The lowest BCUT2D eigenvalue weighted by Gasteiger charge is -2.27. The number of aromatic nitrogens is 2. The molecule has 20 heavy (non-hydrogen) atoms. The fourth-order valence-corrected chi connectivity index (χ4v) is 3.50. The smallest absolute Gasteiger partial charge is 0.135 e. The van der Waals surface area contributed by atoms with E-state index < -0.39 is 0 Å². The van der Waals surface area contributed by atoms with Gasteiger partial charge in [0.25, 0.3) is 0 Å². The van der Waals surface area contributed by atoms with Crippen molar-refractivity contribution in [3.05, 3.63) is 22.8 Å². The van der Waals surface area contributed by atoms with Gasteiger partial charge in [-0.15, -0.1) is 0 Å². The second kappa shape index (κ2) is 5.74. The van der Waals surface area contributed by atoms with Crippen molar-refractivity contribution in [3.8, 4) is 5.75 Å². The van der Waals surface area contributed by atoms with Gasteiger partial charge in [0.1, 0.15) is 5.75 Å². The van der Waals surface area contributed by atoms with Crippen molar-refractivity contribution < 1.29 is 9.84 Å². The highest BCUT2D eigenvalue weighted by atomic mass is 79.9. The van der Waals surface area contributed by atoms with Gasteiger partial charge in [0, 0.05) is 24.3 Å². The molecule has 5 heteroatoms. The SMILES string of the molecule is COc1cc2nn([C@H]3CC[C@H](CO)CC3)cc2cc1Br. The van der Waals surface area contributed by atoms with Crippen LogP contribution in [-0.2, 0) is 0 Å². The molecule has 1 fully saturated rings. The van der Waals surface area contributed by atoms with Crippen LogP contribution in [0.15, 0.2) is 22.8 Å². The number of fused-ring (bicyclic) bond motifs is 1. The molecular weight excluding hydrogens is 320 g/mol. The zero-order chi connectivity index (χ0) is 14.1. The first kappa shape index (κ1) is 13.9. The number of benzene rings is 1. The predicted molar refractivity (Wildman–Crippen MR) is 82.1 cm³/mol. The van der Waals surface area contributed by atoms with Crippen LogP contribution in [0.4, 0.5) is 0 Å². The normalized spacial score (nSPS) is 23.1. The van der Waals surface area contributed by atoms with Crippen molar-refractivity contribution in [2.24, 2.45) is 5.92 Å². The molecule has 0 unspecified atom stereocenters. The molecule has 0 bridgehead atoms. The number of halogens is 1. The van der Waals surface area contributed by atoms with Crippen LogP contribution in [-0.4, -0.2) is 28.6 Å². The van der Waals surface area contributed by atoms with Crippen molar-refractivity contribution in [2.45, 2.75) is 31.7 Å². The first-order chi connectivity index (χ1) is 9.71. The summed E-state index contributed by atoms with van der Waals surface area (Å²) in [5, 5.41) is 15.0. The van der Waals surface area contributed by atoms with E-state index in [2.05, 4.69) is 32.9 Å². The number of hydrogen-bond donors (Lipinski definition) is 1. The molecule has 1 aromatic heterocycles. The lowest BCUT2D eigenvalue weighted by atomic mass is 9.87. The predicted octanol–water partition coefficient (Wildman–Crippen LogP) is 3.53. The molecule has 0 spiro atoms. The number of methoxy groups -OCH3 is 1. The van der Waals surface area contributed by atoms with Gasteiger partial charge in [-0.1, -0.05) is 0 Å². The van der Waals surface area contributed by atoms with Gasteiger partial charge in [-0.2, -0.15) is 5.10 Å². The van der Waals surface area contributed by atoms with Crippen LogP contribution in [0.3, 0.4) is 0 Å². The topological polar surface area (TPSA) is 47.3 Å². The van der Waals surface area contributed by atoms with E-state index in [4.69, 9.17) is 9.84 Å². The Morgan fingerprint density at radius 3 is 2.75 bits per heavy atom. The average molecular weight is 339 g/mol. The quantitative estimate of drug-likeness (QED) is 0.931. The second-order valence-electron chi connectivity index (χ2n) is 5.51. The number of ether oxygens (including phenoxy) is 1. The van der Waals surface area contributed by atoms with Crippen molar-refractivity contribution in [3.63, 3.8) is 0 Å². The highest BCUT2D eigenvalue weighted by Gasteiger charge is 2.22. The lowest BCUT2D eigenvalue weighted by Crippen LogP contribution is -2.20. The number of nitrogens with zero attached hydrogens (tertiary/aromatic N) is 2. The fourth-order valence-electron chi connectivity index (χ4n) is 2.98. The monoisotopic (exact) mass is 338 g/mol. The summed E-state index contributed by atoms with van der Waals surface area (Å²) in [5.41, 5.74) is 0.967. The molecule has 1 aliphatic carbocycles. The summed E-state index contributed by atoms with van der Waals surface area (Å²) in [7, 11) is 1.67. The summed E-state index contributed by atoms with van der Waals surface area (Å²) in [6.45, 7) is 0.317. The second-order valence-corrected chi connectivity index (χ2v) is 6.37. The maximum absolute atomic E-state index is 9.21. The fraction of sp³-hybridized carbons (Fsp3) is 0.533. The van der Waals surface area contributed by atoms with Crippen LogP contribution in [0.1, 0.15) is 31.7 Å². The molecule has 2 aromatic rings. The van der Waals surface area contributed by atoms with E-state index in [1.54, 1.807) is 7.11 Å². The molecular formula is C15H19BrN2O2. The Morgan fingerprint density at radius 2 is 2.10 bits per heavy atom. The highest BCUT2D eigenvalue weighted by Crippen LogP contribution is 2.34. The number of rotatable bonds is 3. The minimum absolute atomic E-state index is 0.317. The van der Waals surface area contributed by atoms with Crippen LogP contribution in [0.25, 0.3) is 10.9 Å². The van der Waals surface area contributed by atoms with E-state index in [1.165, 1.54) is 0 Å². The molecule has 1 saturated carbocycles. The van der Waals surface area contributed by atoms with E-state index in [-0.39, 0.29) is 0 Å². The van der Waals surface area contributed by atoms with Crippen LogP contribution < -0.4 is 4.74 Å². The lowest BCUT2D eigenvalue weighted by molar-refractivity contribution is 0.165. The Hall–Kier alpha value is -1.07. The minimum Gasteiger partial charge on any atom is -0.495 e. The zero-order valence-corrected chi connectivity index (χ0v) is 13.1. The molecule has 0 amide bonds. The molecule has 0 radical (unpaired) electrons. The Labute approximate surface area is 126 Å². The molecule has 0 atom stereocenters. The summed E-state index contributed by atoms with van der Waals surface area (Å²) < 4.78 is 8.35. The standard InChI is InChI=1S/C15H19BrN2O2/c1-20-15-7-14-11(6-13(15)16)8-18(17-14)12-4-2-10(9-19)3-5-12/h6-8,10,12,19H,2-5,9H2,1H3/t10-,12-. The van der Waals surface area contributed by atoms with E-state index in [1.807, 2.05) is 6.07 Å². The van der Waals surface area contributed by atoms with Crippen LogP contribution >= 0.6 is 15.9 Å². The van der Waals surface area contributed by atoms with Gasteiger partial charge in [-0.3, -0.25) is 4.68 Å². The third-order valence-corrected chi connectivity index (χ3v) is 4.86. The summed E-state index contributed by atoms with van der Waals surface area (Å²) in [6.07, 6.45) is 6.48. The van der Waals surface area contributed by atoms with E-state index >= 15 is 0 Å². The molecule has 0 saturated heterocycles. The Balaban J connectivity index is 1.86. The molecule has 1 aromatic carbocycles. The summed E-state index contributed by atoms with van der Waals surface area (Å²) in [6, 6.07) is 4.47. The first-order valence-corrected chi connectivity index (χ1v) is 7.84. The highest BCUT2D eigenvalue weighted by molar-refractivity contribution is 9.10. The molecule has 4 nitrogen and oxygen atoms in total. The summed E-state index contributed by atoms with van der Waals surface area (Å²) in [5.74, 6) is 1.29. The molecule has 0 aliphatic heterocycles. The molecule has 1 heterocycles. The molecule has 1 aliphatic rings. The van der Waals surface area contributed by atoms with Crippen molar-refractivity contribution in [1.29, 1.82) is 0 Å². The zero-order valence-electron chi connectivity index (χ0n) is 11.6. The Morgan fingerprint density at radius 1 is 1.35 bits per heavy atom. The summed E-state index contributed by atoms with van der Waals surface area (Å²) >= 11 is 3.51. The van der Waals surface area contributed by atoms with Gasteiger partial charge in [0.05, 0.1) is 23.1 Å². The van der Waals surface area contributed by atoms with E-state index in [9.17, 15) is 5.11 Å². The number of aliphatic hydroxyl groups excluding tert-OH is 1. The molecule has 3 rings (SSSR count). The van der Waals surface area contributed by atoms with Gasteiger partial charge < -0.3 is 9.84 Å². The maximum Gasteiger partial charge on any atom is 0.135 e. The number of hydrogen-bond acceptors (Lipinski definition) is 3. The van der Waals surface area contributed by atoms with E-state index in [0.29, 0.717) is 18.6 Å². The van der Waals surface area contributed by atoms with E-state index in [0.717, 1.165) is 46.8 Å².